The van der Waals surface area contributed by atoms with Gasteiger partial charge in [0, 0.05) is 10.0 Å². The molecule has 1 nitrogen and oxygen atoms in total. The first-order chi connectivity index (χ1) is 7.30. The molecule has 0 spiro atoms. The first kappa shape index (κ1) is 13.6. The van der Waals surface area contributed by atoms with Crippen LogP contribution in [0.15, 0.2) is 18.2 Å². The van der Waals surface area contributed by atoms with E-state index in [9.17, 15) is 13.2 Å². The smallest absolute Gasteiger partial charge is 0.320 e. The molecule has 0 aliphatic heterocycles. The predicted molar refractivity (Wildman–Crippen MR) is 58.8 cm³/mol. The SMILES string of the molecule is NC(CCc1cc(Cl)ccc1Cl)C(F)(F)F. The number of halogens is 5. The van der Waals surface area contributed by atoms with Gasteiger partial charge in [-0.25, -0.2) is 0 Å². The van der Waals surface area contributed by atoms with Crippen molar-refractivity contribution in [3.8, 4) is 0 Å². The van der Waals surface area contributed by atoms with E-state index in [1.54, 1.807) is 18.2 Å². The molecule has 0 saturated heterocycles. The Hall–Kier alpha value is -0.450. The number of hydrogen-bond acceptors (Lipinski definition) is 1. The van der Waals surface area contributed by atoms with Crippen molar-refractivity contribution in [3.05, 3.63) is 33.8 Å². The van der Waals surface area contributed by atoms with Gasteiger partial charge in [-0.2, -0.15) is 13.2 Å². The fourth-order valence-electron chi connectivity index (χ4n) is 1.21. The van der Waals surface area contributed by atoms with Crippen LogP contribution in [0.25, 0.3) is 0 Å². The largest absolute Gasteiger partial charge is 0.403 e. The van der Waals surface area contributed by atoms with Gasteiger partial charge in [-0.3, -0.25) is 0 Å². The Morgan fingerprint density at radius 1 is 1.25 bits per heavy atom. The Morgan fingerprint density at radius 3 is 2.44 bits per heavy atom. The van der Waals surface area contributed by atoms with Crippen LogP contribution in [0.3, 0.4) is 0 Å². The average Bonchev–Trinajstić information content (AvgIpc) is 2.17. The highest BCUT2D eigenvalue weighted by atomic mass is 35.5. The summed E-state index contributed by atoms with van der Waals surface area (Å²) in [5.74, 6) is 0. The summed E-state index contributed by atoms with van der Waals surface area (Å²) in [6.07, 6.45) is -4.42. The summed E-state index contributed by atoms with van der Waals surface area (Å²) in [7, 11) is 0. The number of hydrogen-bond donors (Lipinski definition) is 1. The highest BCUT2D eigenvalue weighted by Gasteiger charge is 2.36. The second-order valence-electron chi connectivity index (χ2n) is 3.42. The number of benzene rings is 1. The highest BCUT2D eigenvalue weighted by molar-refractivity contribution is 6.33. The van der Waals surface area contributed by atoms with Gasteiger partial charge in [0.05, 0.1) is 0 Å². The Bertz CT molecular complexity index is 366. The Balaban J connectivity index is 2.64. The molecular formula is C10H10Cl2F3N. The third-order valence-electron chi connectivity index (χ3n) is 2.15. The third-order valence-corrected chi connectivity index (χ3v) is 2.76. The average molecular weight is 272 g/mol. The van der Waals surface area contributed by atoms with Gasteiger partial charge in [-0.1, -0.05) is 23.2 Å². The maximum absolute atomic E-state index is 12.1. The molecule has 1 aromatic rings. The topological polar surface area (TPSA) is 26.0 Å². The van der Waals surface area contributed by atoms with Crippen molar-refractivity contribution < 1.29 is 13.2 Å². The maximum atomic E-state index is 12.1. The zero-order valence-electron chi connectivity index (χ0n) is 8.19. The lowest BCUT2D eigenvalue weighted by molar-refractivity contribution is -0.148. The van der Waals surface area contributed by atoms with Crippen molar-refractivity contribution in [1.82, 2.24) is 0 Å². The molecule has 1 rings (SSSR count). The number of aryl methyl sites for hydroxylation is 1. The van der Waals surface area contributed by atoms with Crippen molar-refractivity contribution in [2.24, 2.45) is 5.73 Å². The molecule has 0 radical (unpaired) electrons. The lowest BCUT2D eigenvalue weighted by Gasteiger charge is -2.15. The van der Waals surface area contributed by atoms with Crippen LogP contribution >= 0.6 is 23.2 Å². The van der Waals surface area contributed by atoms with E-state index in [4.69, 9.17) is 28.9 Å². The molecule has 6 heteroatoms. The Labute approximate surface area is 101 Å². The molecule has 0 bridgehead atoms. The van der Waals surface area contributed by atoms with Gasteiger partial charge in [-0.15, -0.1) is 0 Å². The summed E-state index contributed by atoms with van der Waals surface area (Å²) in [5.41, 5.74) is 5.56. The zero-order chi connectivity index (χ0) is 12.3. The molecule has 2 N–H and O–H groups in total. The summed E-state index contributed by atoms with van der Waals surface area (Å²) >= 11 is 11.5. The van der Waals surface area contributed by atoms with Gasteiger partial charge in [-0.05, 0) is 36.6 Å². The van der Waals surface area contributed by atoms with Crippen LogP contribution in [0.1, 0.15) is 12.0 Å². The number of nitrogens with two attached hydrogens (primary N) is 1. The molecule has 1 aromatic carbocycles. The molecule has 1 atom stereocenters. The maximum Gasteiger partial charge on any atom is 0.403 e. The van der Waals surface area contributed by atoms with E-state index >= 15 is 0 Å². The van der Waals surface area contributed by atoms with E-state index in [0.29, 0.717) is 15.6 Å². The lowest BCUT2D eigenvalue weighted by atomic mass is 10.1. The summed E-state index contributed by atoms with van der Waals surface area (Å²) in [6.45, 7) is 0. The molecule has 90 valence electrons. The van der Waals surface area contributed by atoms with Crippen LogP contribution < -0.4 is 5.73 Å². The fourth-order valence-corrected chi connectivity index (χ4v) is 1.62. The highest BCUT2D eigenvalue weighted by Crippen LogP contribution is 2.25. The molecule has 0 aromatic heterocycles. The third kappa shape index (κ3) is 3.85. The number of alkyl halides is 3. The van der Waals surface area contributed by atoms with Crippen LogP contribution in [-0.2, 0) is 6.42 Å². The molecular weight excluding hydrogens is 262 g/mol. The minimum Gasteiger partial charge on any atom is -0.320 e. The van der Waals surface area contributed by atoms with Crippen molar-refractivity contribution >= 4 is 23.2 Å². The van der Waals surface area contributed by atoms with Crippen LogP contribution in [-0.4, -0.2) is 12.2 Å². The van der Waals surface area contributed by atoms with Gasteiger partial charge in [0.1, 0.15) is 6.04 Å². The van der Waals surface area contributed by atoms with Crippen LogP contribution in [0, 0.1) is 0 Å². The predicted octanol–water partition coefficient (Wildman–Crippen LogP) is 3.82. The normalized spacial score (nSPS) is 13.9. The fraction of sp³-hybridized carbons (Fsp3) is 0.400. The van der Waals surface area contributed by atoms with E-state index in [2.05, 4.69) is 0 Å². The quantitative estimate of drug-likeness (QED) is 0.889. The van der Waals surface area contributed by atoms with Crippen LogP contribution in [0.2, 0.25) is 10.0 Å². The molecule has 0 aliphatic rings. The van der Waals surface area contributed by atoms with E-state index in [1.165, 1.54) is 0 Å². The molecule has 1 unspecified atom stereocenters. The summed E-state index contributed by atoms with van der Waals surface area (Å²) in [5, 5.41) is 0.846. The van der Waals surface area contributed by atoms with E-state index in [1.807, 2.05) is 0 Å². The molecule has 0 aliphatic carbocycles. The zero-order valence-corrected chi connectivity index (χ0v) is 9.70. The monoisotopic (exact) mass is 271 g/mol. The lowest BCUT2D eigenvalue weighted by Crippen LogP contribution is -2.37. The molecule has 0 saturated carbocycles. The standard InChI is InChI=1S/C10H10Cl2F3N/c11-7-2-3-8(12)6(5-7)1-4-9(16)10(13,14)15/h2-3,5,9H,1,4,16H2. The van der Waals surface area contributed by atoms with Gasteiger partial charge in [0.25, 0.3) is 0 Å². The van der Waals surface area contributed by atoms with Gasteiger partial charge >= 0.3 is 6.18 Å². The Morgan fingerprint density at radius 2 is 1.88 bits per heavy atom. The van der Waals surface area contributed by atoms with Gasteiger partial charge in [0.15, 0.2) is 0 Å². The first-order valence-corrected chi connectivity index (χ1v) is 5.32. The van der Waals surface area contributed by atoms with E-state index in [-0.39, 0.29) is 12.8 Å². The van der Waals surface area contributed by atoms with Gasteiger partial charge < -0.3 is 5.73 Å². The second kappa shape index (κ2) is 5.25. The molecule has 0 fully saturated rings. The molecule has 0 amide bonds. The minimum absolute atomic E-state index is 0.153. The van der Waals surface area contributed by atoms with Crippen LogP contribution in [0.4, 0.5) is 13.2 Å². The second-order valence-corrected chi connectivity index (χ2v) is 4.27. The first-order valence-electron chi connectivity index (χ1n) is 4.57. The van der Waals surface area contributed by atoms with E-state index in [0.717, 1.165) is 0 Å². The molecule has 0 heterocycles. The molecule has 16 heavy (non-hydrogen) atoms. The van der Waals surface area contributed by atoms with Gasteiger partial charge in [0.2, 0.25) is 0 Å². The summed E-state index contributed by atoms with van der Waals surface area (Å²) in [6, 6.07) is 2.85. The summed E-state index contributed by atoms with van der Waals surface area (Å²) < 4.78 is 36.4. The van der Waals surface area contributed by atoms with Crippen molar-refractivity contribution in [2.45, 2.75) is 25.1 Å². The minimum atomic E-state index is -4.37. The number of rotatable bonds is 3. The van der Waals surface area contributed by atoms with Crippen molar-refractivity contribution in [1.29, 1.82) is 0 Å². The van der Waals surface area contributed by atoms with Crippen molar-refractivity contribution in [3.63, 3.8) is 0 Å². The summed E-state index contributed by atoms with van der Waals surface area (Å²) in [4.78, 5) is 0. The Kier molecular flexibility index (Phi) is 4.47. The van der Waals surface area contributed by atoms with E-state index < -0.39 is 12.2 Å². The van der Waals surface area contributed by atoms with Crippen molar-refractivity contribution in [2.75, 3.05) is 0 Å². The van der Waals surface area contributed by atoms with Crippen LogP contribution in [0.5, 0.6) is 0 Å².